The number of ether oxygens (including phenoxy) is 1. The molecule has 2 atom stereocenters. The van der Waals surface area contributed by atoms with E-state index in [0.717, 1.165) is 11.1 Å². The van der Waals surface area contributed by atoms with Gasteiger partial charge in [-0.05, 0) is 42.7 Å². The molecule has 0 spiro atoms. The first-order valence-electron chi connectivity index (χ1n) is 8.94. The van der Waals surface area contributed by atoms with Crippen LogP contribution in [0.4, 0.5) is 4.79 Å². The zero-order valence-electron chi connectivity index (χ0n) is 15.0. The van der Waals surface area contributed by atoms with E-state index in [1.54, 1.807) is 22.2 Å². The minimum Gasteiger partial charge on any atom is -0.442 e. The minimum absolute atomic E-state index is 0.0774. The van der Waals surface area contributed by atoms with Crippen LogP contribution < -0.4 is 0 Å². The Labute approximate surface area is 162 Å². The number of nitrogens with zero attached hydrogens (tertiary/aromatic N) is 3. The van der Waals surface area contributed by atoms with Crippen LogP contribution in [0.2, 0.25) is 5.02 Å². The van der Waals surface area contributed by atoms with Crippen LogP contribution in [-0.4, -0.2) is 58.6 Å². The number of aryl methyl sites for hydroxylation is 1. The first-order chi connectivity index (χ1) is 13.0. The number of halogens is 1. The summed E-state index contributed by atoms with van der Waals surface area (Å²) < 4.78 is 5.50. The third-order valence-electron chi connectivity index (χ3n) is 5.06. The van der Waals surface area contributed by atoms with E-state index >= 15 is 0 Å². The Morgan fingerprint density at radius 3 is 2.93 bits per heavy atom. The van der Waals surface area contributed by atoms with Crippen LogP contribution in [0.3, 0.4) is 0 Å². The highest BCUT2D eigenvalue weighted by molar-refractivity contribution is 6.30. The Morgan fingerprint density at radius 2 is 2.15 bits per heavy atom. The molecule has 2 aromatic rings. The zero-order chi connectivity index (χ0) is 19.0. The average molecular weight is 386 g/mol. The molecule has 7 heteroatoms. The van der Waals surface area contributed by atoms with Crippen molar-refractivity contribution < 1.29 is 14.3 Å². The molecule has 2 amide bonds. The summed E-state index contributed by atoms with van der Waals surface area (Å²) in [5, 5.41) is 0.679. The van der Waals surface area contributed by atoms with Crippen molar-refractivity contribution in [2.75, 3.05) is 19.6 Å². The number of amides is 2. The van der Waals surface area contributed by atoms with Gasteiger partial charge in [-0.1, -0.05) is 23.7 Å². The molecule has 1 aromatic carbocycles. The number of hydrogen-bond acceptors (Lipinski definition) is 4. The second kappa shape index (κ2) is 7.19. The van der Waals surface area contributed by atoms with Crippen LogP contribution in [0, 0.1) is 6.92 Å². The number of carbonyl (C=O) groups excluding carboxylic acids is 2. The molecule has 0 saturated carbocycles. The second-order valence-corrected chi connectivity index (χ2v) is 7.46. The highest BCUT2D eigenvalue weighted by Crippen LogP contribution is 2.28. The molecular formula is C20H20ClN3O3. The van der Waals surface area contributed by atoms with E-state index in [0.29, 0.717) is 36.6 Å². The summed E-state index contributed by atoms with van der Waals surface area (Å²) in [7, 11) is 0. The molecule has 0 N–H and O–H groups in total. The van der Waals surface area contributed by atoms with Crippen molar-refractivity contribution in [3.05, 3.63) is 64.4 Å². The van der Waals surface area contributed by atoms with Crippen molar-refractivity contribution in [1.82, 2.24) is 14.8 Å². The summed E-state index contributed by atoms with van der Waals surface area (Å²) in [5.41, 5.74) is 2.57. The van der Waals surface area contributed by atoms with Crippen molar-refractivity contribution in [2.45, 2.75) is 25.5 Å². The lowest BCUT2D eigenvalue weighted by Crippen LogP contribution is -2.40. The van der Waals surface area contributed by atoms with Gasteiger partial charge in [0.2, 0.25) is 0 Å². The van der Waals surface area contributed by atoms with Crippen molar-refractivity contribution >= 4 is 23.6 Å². The maximum atomic E-state index is 12.7. The van der Waals surface area contributed by atoms with Crippen molar-refractivity contribution in [3.63, 3.8) is 0 Å². The molecule has 6 nitrogen and oxygen atoms in total. The quantitative estimate of drug-likeness (QED) is 0.811. The SMILES string of the molecule is Cc1cncc(C(=O)N2C[C@H]3OC(=O)N(CCc4cccc(Cl)c4)[C@H]3C2)c1. The Kier molecular flexibility index (Phi) is 4.74. The number of pyridine rings is 1. The van der Waals surface area contributed by atoms with Gasteiger partial charge in [0.05, 0.1) is 18.2 Å². The predicted molar refractivity (Wildman–Crippen MR) is 101 cm³/mol. The molecule has 2 aliphatic rings. The summed E-state index contributed by atoms with van der Waals surface area (Å²) in [6, 6.07) is 9.32. The maximum absolute atomic E-state index is 12.7. The molecule has 27 heavy (non-hydrogen) atoms. The number of likely N-dealkylation sites (tertiary alicyclic amines) is 1. The summed E-state index contributed by atoms with van der Waals surface area (Å²) in [6.45, 7) is 3.33. The van der Waals surface area contributed by atoms with E-state index in [2.05, 4.69) is 4.98 Å². The predicted octanol–water partition coefficient (Wildman–Crippen LogP) is 2.93. The number of aromatic nitrogens is 1. The zero-order valence-corrected chi connectivity index (χ0v) is 15.7. The standard InChI is InChI=1S/C20H20ClN3O3/c1-13-7-15(10-22-9-13)19(25)23-11-17-18(12-23)27-20(26)24(17)6-5-14-3-2-4-16(21)8-14/h2-4,7-10,17-18H,5-6,11-12H2,1H3/t17-,18+/m0/s1. The van der Waals surface area contributed by atoms with Crippen LogP contribution in [0.15, 0.2) is 42.7 Å². The number of benzene rings is 1. The second-order valence-electron chi connectivity index (χ2n) is 7.02. The van der Waals surface area contributed by atoms with Gasteiger partial charge in [0.15, 0.2) is 0 Å². The van der Waals surface area contributed by atoms with Crippen LogP contribution in [0.5, 0.6) is 0 Å². The fourth-order valence-corrected chi connectivity index (χ4v) is 3.94. The molecule has 2 fully saturated rings. The Hall–Kier alpha value is -2.60. The van der Waals surface area contributed by atoms with E-state index in [9.17, 15) is 9.59 Å². The van der Waals surface area contributed by atoms with Gasteiger partial charge in [-0.2, -0.15) is 0 Å². The van der Waals surface area contributed by atoms with Gasteiger partial charge in [0.25, 0.3) is 5.91 Å². The van der Waals surface area contributed by atoms with Crippen molar-refractivity contribution in [3.8, 4) is 0 Å². The smallest absolute Gasteiger partial charge is 0.410 e. The molecule has 0 bridgehead atoms. The molecule has 2 saturated heterocycles. The van der Waals surface area contributed by atoms with E-state index in [1.807, 2.05) is 37.3 Å². The van der Waals surface area contributed by atoms with E-state index in [4.69, 9.17) is 16.3 Å². The number of hydrogen-bond donors (Lipinski definition) is 0. The van der Waals surface area contributed by atoms with Gasteiger partial charge in [-0.25, -0.2) is 4.79 Å². The first kappa shape index (κ1) is 17.8. The lowest BCUT2D eigenvalue weighted by molar-refractivity contribution is 0.0728. The molecule has 140 valence electrons. The number of carbonyl (C=O) groups is 2. The Morgan fingerprint density at radius 1 is 1.30 bits per heavy atom. The van der Waals surface area contributed by atoms with Gasteiger partial charge < -0.3 is 9.64 Å². The Balaban J connectivity index is 1.43. The van der Waals surface area contributed by atoms with Gasteiger partial charge >= 0.3 is 6.09 Å². The summed E-state index contributed by atoms with van der Waals surface area (Å²) >= 11 is 6.03. The molecule has 3 heterocycles. The highest BCUT2D eigenvalue weighted by Gasteiger charge is 2.48. The summed E-state index contributed by atoms with van der Waals surface area (Å²) in [5.74, 6) is -0.0774. The van der Waals surface area contributed by atoms with Gasteiger partial charge in [-0.3, -0.25) is 14.7 Å². The average Bonchev–Trinajstić information content (AvgIpc) is 3.16. The lowest BCUT2D eigenvalue weighted by atomic mass is 10.1. The third-order valence-corrected chi connectivity index (χ3v) is 5.30. The third kappa shape index (κ3) is 3.62. The fraction of sp³-hybridized carbons (Fsp3) is 0.350. The topological polar surface area (TPSA) is 62.7 Å². The molecule has 1 aromatic heterocycles. The van der Waals surface area contributed by atoms with Crippen LogP contribution in [-0.2, 0) is 11.2 Å². The highest BCUT2D eigenvalue weighted by atomic mass is 35.5. The van der Waals surface area contributed by atoms with Crippen molar-refractivity contribution in [2.24, 2.45) is 0 Å². The molecular weight excluding hydrogens is 366 g/mol. The molecule has 0 aliphatic carbocycles. The van der Waals surface area contributed by atoms with E-state index in [-0.39, 0.29) is 24.1 Å². The van der Waals surface area contributed by atoms with Gasteiger partial charge in [0.1, 0.15) is 6.10 Å². The summed E-state index contributed by atoms with van der Waals surface area (Å²) in [4.78, 5) is 32.5. The number of rotatable bonds is 4. The molecule has 4 rings (SSSR count). The van der Waals surface area contributed by atoms with Crippen LogP contribution >= 0.6 is 11.6 Å². The first-order valence-corrected chi connectivity index (χ1v) is 9.31. The monoisotopic (exact) mass is 385 g/mol. The molecule has 0 radical (unpaired) electrons. The number of fused-ring (bicyclic) bond motifs is 1. The van der Waals surface area contributed by atoms with Crippen LogP contribution in [0.25, 0.3) is 0 Å². The van der Waals surface area contributed by atoms with E-state index < -0.39 is 0 Å². The molecule has 0 unspecified atom stereocenters. The van der Waals surface area contributed by atoms with Gasteiger partial charge in [-0.15, -0.1) is 0 Å². The largest absolute Gasteiger partial charge is 0.442 e. The normalized spacial score (nSPS) is 21.3. The summed E-state index contributed by atoms with van der Waals surface area (Å²) in [6.07, 6.45) is 3.39. The van der Waals surface area contributed by atoms with Crippen molar-refractivity contribution in [1.29, 1.82) is 0 Å². The minimum atomic E-state index is -0.309. The molecule has 2 aliphatic heterocycles. The van der Waals surface area contributed by atoms with E-state index in [1.165, 1.54) is 0 Å². The maximum Gasteiger partial charge on any atom is 0.410 e. The fourth-order valence-electron chi connectivity index (χ4n) is 3.72. The lowest BCUT2D eigenvalue weighted by Gasteiger charge is -2.22. The Bertz CT molecular complexity index is 888. The van der Waals surface area contributed by atoms with Crippen LogP contribution in [0.1, 0.15) is 21.5 Å². The van der Waals surface area contributed by atoms with Gasteiger partial charge in [0, 0.05) is 30.5 Å².